The summed E-state index contributed by atoms with van der Waals surface area (Å²) in [7, 11) is 0. The summed E-state index contributed by atoms with van der Waals surface area (Å²) in [6.45, 7) is 5.05. The van der Waals surface area contributed by atoms with Gasteiger partial charge in [0.1, 0.15) is 6.04 Å². The molecule has 1 fully saturated rings. The predicted molar refractivity (Wildman–Crippen MR) is 74.0 cm³/mol. The molecule has 0 saturated carbocycles. The van der Waals surface area contributed by atoms with Crippen molar-refractivity contribution in [1.29, 1.82) is 0 Å². The van der Waals surface area contributed by atoms with Crippen molar-refractivity contribution in [2.45, 2.75) is 25.9 Å². The van der Waals surface area contributed by atoms with Crippen molar-refractivity contribution in [2.75, 3.05) is 18.0 Å². The van der Waals surface area contributed by atoms with Crippen LogP contribution in [0.15, 0.2) is 18.2 Å². The van der Waals surface area contributed by atoms with Gasteiger partial charge in [0.15, 0.2) is 0 Å². The Morgan fingerprint density at radius 3 is 2.89 bits per heavy atom. The Morgan fingerprint density at radius 2 is 2.28 bits per heavy atom. The first kappa shape index (κ1) is 13.2. The minimum atomic E-state index is -0.305. The molecular weight excluding hydrogens is 250 g/mol. The summed E-state index contributed by atoms with van der Waals surface area (Å²) in [5, 5.41) is 3.63. The quantitative estimate of drug-likeness (QED) is 0.849. The van der Waals surface area contributed by atoms with Crippen LogP contribution in [0.4, 0.5) is 5.69 Å². The number of hydrogen-bond acceptors (Lipinski definition) is 3. The number of piperazine rings is 1. The van der Waals surface area contributed by atoms with Crippen molar-refractivity contribution in [3.8, 4) is 0 Å². The van der Waals surface area contributed by atoms with Crippen molar-refractivity contribution in [2.24, 2.45) is 5.73 Å². The van der Waals surface area contributed by atoms with Crippen LogP contribution in [0, 0.1) is 6.92 Å². The zero-order valence-electron chi connectivity index (χ0n) is 10.6. The van der Waals surface area contributed by atoms with E-state index in [9.17, 15) is 4.79 Å². The number of benzene rings is 1. The summed E-state index contributed by atoms with van der Waals surface area (Å²) in [6.07, 6.45) is 0. The van der Waals surface area contributed by atoms with Crippen molar-refractivity contribution in [3.63, 3.8) is 0 Å². The molecule has 0 bridgehead atoms. The molecule has 1 aliphatic rings. The number of hydrogen-bond donors (Lipinski definition) is 2. The second kappa shape index (κ2) is 5.16. The van der Waals surface area contributed by atoms with Gasteiger partial charge < -0.3 is 16.0 Å². The number of carbonyl (C=O) groups excluding carboxylic acids is 1. The molecule has 5 heteroatoms. The Labute approximate surface area is 112 Å². The van der Waals surface area contributed by atoms with Gasteiger partial charge in [-0.2, -0.15) is 0 Å². The van der Waals surface area contributed by atoms with E-state index in [1.54, 1.807) is 0 Å². The van der Waals surface area contributed by atoms with Gasteiger partial charge in [-0.1, -0.05) is 11.6 Å². The Kier molecular flexibility index (Phi) is 3.78. The molecule has 18 heavy (non-hydrogen) atoms. The summed E-state index contributed by atoms with van der Waals surface area (Å²) in [6, 6.07) is 5.51. The highest BCUT2D eigenvalue weighted by Gasteiger charge is 2.32. The van der Waals surface area contributed by atoms with E-state index in [0.717, 1.165) is 17.8 Å². The minimum absolute atomic E-state index is 0.00870. The summed E-state index contributed by atoms with van der Waals surface area (Å²) >= 11 is 5.96. The SMILES string of the molecule is Cc1cc(Cl)ccc1N1CC(C)NC(=O)C1CN. The number of halogens is 1. The Bertz CT molecular complexity index is 464. The number of nitrogens with one attached hydrogen (secondary N) is 1. The average Bonchev–Trinajstić information content (AvgIpc) is 2.28. The number of rotatable bonds is 2. The lowest BCUT2D eigenvalue weighted by molar-refractivity contribution is -0.123. The summed E-state index contributed by atoms with van der Waals surface area (Å²) in [4.78, 5) is 14.0. The lowest BCUT2D eigenvalue weighted by atomic mass is 10.1. The zero-order valence-corrected chi connectivity index (χ0v) is 11.4. The monoisotopic (exact) mass is 267 g/mol. The first-order valence-electron chi connectivity index (χ1n) is 6.06. The molecular formula is C13H18ClN3O. The normalized spacial score (nSPS) is 24.0. The Hall–Kier alpha value is -1.26. The van der Waals surface area contributed by atoms with Crippen molar-refractivity contribution >= 4 is 23.2 Å². The summed E-state index contributed by atoms with van der Waals surface area (Å²) in [5.41, 5.74) is 7.80. The molecule has 1 aliphatic heterocycles. The molecule has 1 heterocycles. The molecule has 1 saturated heterocycles. The van der Waals surface area contributed by atoms with E-state index in [1.807, 2.05) is 32.0 Å². The van der Waals surface area contributed by atoms with Gasteiger partial charge in [-0.05, 0) is 37.6 Å². The molecule has 0 radical (unpaired) electrons. The van der Waals surface area contributed by atoms with Gasteiger partial charge in [0.05, 0.1) is 0 Å². The molecule has 0 aliphatic carbocycles. The molecule has 0 spiro atoms. The summed E-state index contributed by atoms with van der Waals surface area (Å²) < 4.78 is 0. The van der Waals surface area contributed by atoms with Crippen LogP contribution in [-0.4, -0.2) is 31.1 Å². The topological polar surface area (TPSA) is 58.4 Å². The Balaban J connectivity index is 2.36. The number of carbonyl (C=O) groups is 1. The maximum absolute atomic E-state index is 11.9. The molecule has 3 N–H and O–H groups in total. The first-order valence-corrected chi connectivity index (χ1v) is 6.44. The van der Waals surface area contributed by atoms with E-state index in [1.165, 1.54) is 0 Å². The third kappa shape index (κ3) is 2.44. The maximum Gasteiger partial charge on any atom is 0.244 e. The maximum atomic E-state index is 11.9. The van der Waals surface area contributed by atoms with Gasteiger partial charge in [-0.3, -0.25) is 4.79 Å². The second-order valence-corrected chi connectivity index (χ2v) is 5.18. The highest BCUT2D eigenvalue weighted by atomic mass is 35.5. The van der Waals surface area contributed by atoms with E-state index in [0.29, 0.717) is 11.6 Å². The fraction of sp³-hybridized carbons (Fsp3) is 0.462. The number of amides is 1. The highest BCUT2D eigenvalue weighted by Crippen LogP contribution is 2.26. The van der Waals surface area contributed by atoms with E-state index in [4.69, 9.17) is 17.3 Å². The van der Waals surface area contributed by atoms with Crippen LogP contribution in [0.2, 0.25) is 5.02 Å². The number of nitrogens with zero attached hydrogens (tertiary/aromatic N) is 1. The van der Waals surface area contributed by atoms with E-state index in [-0.39, 0.29) is 18.0 Å². The number of aryl methyl sites for hydroxylation is 1. The molecule has 4 nitrogen and oxygen atoms in total. The summed E-state index contributed by atoms with van der Waals surface area (Å²) in [5.74, 6) is -0.00870. The van der Waals surface area contributed by atoms with Gasteiger partial charge >= 0.3 is 0 Å². The van der Waals surface area contributed by atoms with Crippen LogP contribution in [-0.2, 0) is 4.79 Å². The largest absolute Gasteiger partial charge is 0.356 e. The van der Waals surface area contributed by atoms with Gasteiger partial charge in [0.2, 0.25) is 5.91 Å². The second-order valence-electron chi connectivity index (χ2n) is 4.74. The van der Waals surface area contributed by atoms with Crippen LogP contribution < -0.4 is 16.0 Å². The van der Waals surface area contributed by atoms with Gasteiger partial charge in [-0.15, -0.1) is 0 Å². The van der Waals surface area contributed by atoms with Crippen molar-refractivity contribution in [1.82, 2.24) is 5.32 Å². The molecule has 2 unspecified atom stereocenters. The molecule has 1 aromatic carbocycles. The molecule has 2 atom stereocenters. The first-order chi connectivity index (χ1) is 8.52. The fourth-order valence-electron chi connectivity index (χ4n) is 2.39. The lowest BCUT2D eigenvalue weighted by Gasteiger charge is -2.40. The van der Waals surface area contributed by atoms with Gasteiger partial charge in [0.25, 0.3) is 0 Å². The molecule has 2 rings (SSSR count). The smallest absolute Gasteiger partial charge is 0.244 e. The van der Waals surface area contributed by atoms with E-state index >= 15 is 0 Å². The highest BCUT2D eigenvalue weighted by molar-refractivity contribution is 6.30. The van der Waals surface area contributed by atoms with Gasteiger partial charge in [0, 0.05) is 29.8 Å². The van der Waals surface area contributed by atoms with Crippen LogP contribution in [0.3, 0.4) is 0 Å². The van der Waals surface area contributed by atoms with Crippen LogP contribution in [0.25, 0.3) is 0 Å². The van der Waals surface area contributed by atoms with E-state index < -0.39 is 0 Å². The zero-order chi connectivity index (χ0) is 13.3. The van der Waals surface area contributed by atoms with Crippen molar-refractivity contribution < 1.29 is 4.79 Å². The average molecular weight is 268 g/mol. The van der Waals surface area contributed by atoms with Crippen molar-refractivity contribution in [3.05, 3.63) is 28.8 Å². The third-order valence-corrected chi connectivity index (χ3v) is 3.46. The molecule has 0 aromatic heterocycles. The van der Waals surface area contributed by atoms with E-state index in [2.05, 4.69) is 10.2 Å². The molecule has 98 valence electrons. The fourth-order valence-corrected chi connectivity index (χ4v) is 2.62. The van der Waals surface area contributed by atoms with Crippen LogP contribution in [0.1, 0.15) is 12.5 Å². The van der Waals surface area contributed by atoms with Crippen LogP contribution >= 0.6 is 11.6 Å². The lowest BCUT2D eigenvalue weighted by Crippen LogP contribution is -2.61. The third-order valence-electron chi connectivity index (χ3n) is 3.23. The van der Waals surface area contributed by atoms with Crippen LogP contribution in [0.5, 0.6) is 0 Å². The predicted octanol–water partition coefficient (Wildman–Crippen LogP) is 1.30. The molecule has 1 amide bonds. The minimum Gasteiger partial charge on any atom is -0.356 e. The number of nitrogens with two attached hydrogens (primary N) is 1. The van der Waals surface area contributed by atoms with Gasteiger partial charge in [-0.25, -0.2) is 0 Å². The standard InChI is InChI=1S/C13H18ClN3O/c1-8-5-10(14)3-4-11(8)17-7-9(2)16-13(18)12(17)6-15/h3-5,9,12H,6-7,15H2,1-2H3,(H,16,18). The molecule has 1 aromatic rings. The Morgan fingerprint density at radius 1 is 1.56 bits per heavy atom. The number of anilines is 1.